The first-order valence-electron chi connectivity index (χ1n) is 7.64. The third kappa shape index (κ3) is 3.69. The van der Waals surface area contributed by atoms with E-state index in [9.17, 15) is 13.2 Å². The molecule has 0 aliphatic rings. The van der Waals surface area contributed by atoms with Crippen molar-refractivity contribution in [3.05, 3.63) is 52.6 Å². The van der Waals surface area contributed by atoms with Crippen LogP contribution < -0.4 is 9.61 Å². The number of nitrogens with zero attached hydrogens (tertiary/aromatic N) is 2. The highest BCUT2D eigenvalue weighted by Crippen LogP contribution is 2.31. The summed E-state index contributed by atoms with van der Waals surface area (Å²) in [5.41, 5.74) is 1.01. The van der Waals surface area contributed by atoms with E-state index in [1.54, 1.807) is 0 Å². The summed E-state index contributed by atoms with van der Waals surface area (Å²) < 4.78 is 34.0. The molecule has 0 saturated heterocycles. The zero-order chi connectivity index (χ0) is 18.0. The summed E-state index contributed by atoms with van der Waals surface area (Å²) in [5, 5.41) is 0.358. The van der Waals surface area contributed by atoms with E-state index in [-0.39, 0.29) is 16.9 Å². The van der Waals surface area contributed by atoms with Gasteiger partial charge in [-0.1, -0.05) is 13.3 Å². The molecule has 0 amide bonds. The zero-order valence-corrected chi connectivity index (χ0v) is 14.5. The standard InChI is InChI=1S/C17H16N2O5S/c1-3-4-12-15(24-25(2,21)22)6-5-11-14(20)9-16(23-17(11)12)13-10-18-7-8-19-13/h5-10H,3-4H2,1-2H3. The van der Waals surface area contributed by atoms with Gasteiger partial charge in [0.25, 0.3) is 0 Å². The van der Waals surface area contributed by atoms with Gasteiger partial charge in [-0.15, -0.1) is 0 Å². The molecule has 0 radical (unpaired) electrons. The molecular formula is C17H16N2O5S. The molecule has 0 unspecified atom stereocenters. The first-order valence-corrected chi connectivity index (χ1v) is 9.46. The van der Waals surface area contributed by atoms with Gasteiger partial charge >= 0.3 is 10.1 Å². The minimum atomic E-state index is -3.70. The van der Waals surface area contributed by atoms with Crippen molar-refractivity contribution in [3.63, 3.8) is 0 Å². The van der Waals surface area contributed by atoms with E-state index in [0.717, 1.165) is 12.7 Å². The lowest BCUT2D eigenvalue weighted by Crippen LogP contribution is -2.09. The highest BCUT2D eigenvalue weighted by atomic mass is 32.2. The van der Waals surface area contributed by atoms with Crippen LogP contribution in [0.3, 0.4) is 0 Å². The SMILES string of the molecule is CCCc1c(OS(C)(=O)=O)ccc2c(=O)cc(-c3cnccn3)oc12. The molecule has 0 fully saturated rings. The summed E-state index contributed by atoms with van der Waals surface area (Å²) in [4.78, 5) is 20.6. The fourth-order valence-electron chi connectivity index (χ4n) is 2.54. The third-order valence-corrected chi connectivity index (χ3v) is 4.00. The predicted octanol–water partition coefficient (Wildman–Crippen LogP) is 2.54. The quantitative estimate of drug-likeness (QED) is 0.645. The van der Waals surface area contributed by atoms with Gasteiger partial charge in [-0.2, -0.15) is 8.42 Å². The van der Waals surface area contributed by atoms with Crippen LogP contribution in [0.5, 0.6) is 5.75 Å². The first-order chi connectivity index (χ1) is 11.9. The first kappa shape index (κ1) is 17.1. The summed E-state index contributed by atoms with van der Waals surface area (Å²) in [6.07, 6.45) is 6.69. The zero-order valence-electron chi connectivity index (χ0n) is 13.7. The van der Waals surface area contributed by atoms with Crippen molar-refractivity contribution in [2.75, 3.05) is 6.26 Å². The molecule has 2 heterocycles. The van der Waals surface area contributed by atoms with Crippen LogP contribution in [0.15, 0.2) is 46.0 Å². The van der Waals surface area contributed by atoms with Gasteiger partial charge in [0.05, 0.1) is 17.8 Å². The van der Waals surface area contributed by atoms with Crippen molar-refractivity contribution in [1.29, 1.82) is 0 Å². The van der Waals surface area contributed by atoms with Crippen molar-refractivity contribution < 1.29 is 17.0 Å². The van der Waals surface area contributed by atoms with Crippen LogP contribution in [0.25, 0.3) is 22.4 Å². The molecule has 3 aromatic rings. The third-order valence-electron chi connectivity index (χ3n) is 3.51. The Morgan fingerprint density at radius 3 is 2.68 bits per heavy atom. The number of benzene rings is 1. The number of hydrogen-bond acceptors (Lipinski definition) is 7. The molecule has 7 nitrogen and oxygen atoms in total. The fraction of sp³-hybridized carbons (Fsp3) is 0.235. The lowest BCUT2D eigenvalue weighted by atomic mass is 10.0. The summed E-state index contributed by atoms with van der Waals surface area (Å²) in [6.45, 7) is 1.94. The average Bonchev–Trinajstić information content (AvgIpc) is 2.56. The van der Waals surface area contributed by atoms with Crippen molar-refractivity contribution in [2.24, 2.45) is 0 Å². The van der Waals surface area contributed by atoms with Crippen molar-refractivity contribution >= 4 is 21.1 Å². The second kappa shape index (κ2) is 6.64. The van der Waals surface area contributed by atoms with Gasteiger partial charge < -0.3 is 8.60 Å². The second-order valence-corrected chi connectivity index (χ2v) is 7.10. The van der Waals surface area contributed by atoms with Crippen LogP contribution in [0.2, 0.25) is 0 Å². The topological polar surface area (TPSA) is 99.4 Å². The number of aromatic nitrogens is 2. The van der Waals surface area contributed by atoms with Crippen LogP contribution in [-0.4, -0.2) is 24.6 Å². The Bertz CT molecular complexity index is 1080. The summed E-state index contributed by atoms with van der Waals surface area (Å²) in [5.74, 6) is 0.427. The Hall–Kier alpha value is -2.74. The summed E-state index contributed by atoms with van der Waals surface area (Å²) >= 11 is 0. The van der Waals surface area contributed by atoms with E-state index in [1.807, 2.05) is 6.92 Å². The molecule has 1 aromatic carbocycles. The Morgan fingerprint density at radius 1 is 1.24 bits per heavy atom. The number of fused-ring (bicyclic) bond motifs is 1. The highest BCUT2D eigenvalue weighted by molar-refractivity contribution is 7.86. The molecule has 2 aromatic heterocycles. The maximum absolute atomic E-state index is 12.5. The molecule has 0 atom stereocenters. The number of hydrogen-bond donors (Lipinski definition) is 0. The van der Waals surface area contributed by atoms with Gasteiger partial charge in [0.1, 0.15) is 17.0 Å². The predicted molar refractivity (Wildman–Crippen MR) is 93.0 cm³/mol. The summed E-state index contributed by atoms with van der Waals surface area (Å²) in [6, 6.07) is 4.33. The lowest BCUT2D eigenvalue weighted by Gasteiger charge is -2.12. The molecule has 0 saturated carbocycles. The minimum absolute atomic E-state index is 0.163. The molecule has 3 rings (SSSR count). The van der Waals surface area contributed by atoms with Gasteiger partial charge in [0.2, 0.25) is 0 Å². The molecule has 130 valence electrons. The fourth-order valence-corrected chi connectivity index (χ4v) is 3.02. The molecule has 0 aliphatic heterocycles. The van der Waals surface area contributed by atoms with Crippen LogP contribution in [-0.2, 0) is 16.5 Å². The maximum atomic E-state index is 12.5. The normalized spacial score (nSPS) is 11.6. The highest BCUT2D eigenvalue weighted by Gasteiger charge is 2.17. The average molecular weight is 360 g/mol. The van der Waals surface area contributed by atoms with E-state index < -0.39 is 10.1 Å². The molecule has 0 bridgehead atoms. The van der Waals surface area contributed by atoms with E-state index in [2.05, 4.69) is 9.97 Å². The smallest absolute Gasteiger partial charge is 0.306 e. The number of rotatable bonds is 5. The summed E-state index contributed by atoms with van der Waals surface area (Å²) in [7, 11) is -3.70. The Morgan fingerprint density at radius 2 is 2.04 bits per heavy atom. The number of aryl methyl sites for hydroxylation is 1. The Balaban J connectivity index is 2.29. The van der Waals surface area contributed by atoms with Crippen molar-refractivity contribution in [1.82, 2.24) is 9.97 Å². The molecule has 8 heteroatoms. The molecule has 25 heavy (non-hydrogen) atoms. The van der Waals surface area contributed by atoms with Crippen LogP contribution in [0.4, 0.5) is 0 Å². The largest absolute Gasteiger partial charge is 0.454 e. The van der Waals surface area contributed by atoms with Gasteiger partial charge in [-0.3, -0.25) is 9.78 Å². The molecular weight excluding hydrogens is 344 g/mol. The van der Waals surface area contributed by atoms with Crippen molar-refractivity contribution in [3.8, 4) is 17.2 Å². The van der Waals surface area contributed by atoms with E-state index >= 15 is 0 Å². The molecule has 0 aliphatic carbocycles. The molecule has 0 spiro atoms. The Kier molecular flexibility index (Phi) is 4.54. The van der Waals surface area contributed by atoms with Crippen LogP contribution in [0.1, 0.15) is 18.9 Å². The van der Waals surface area contributed by atoms with Gasteiger partial charge in [0, 0.05) is 24.0 Å². The van der Waals surface area contributed by atoms with Crippen LogP contribution in [0, 0.1) is 0 Å². The van der Waals surface area contributed by atoms with E-state index in [0.29, 0.717) is 28.6 Å². The monoisotopic (exact) mass is 360 g/mol. The Labute approximate surface area is 144 Å². The second-order valence-electron chi connectivity index (χ2n) is 5.52. The minimum Gasteiger partial charge on any atom is -0.454 e. The van der Waals surface area contributed by atoms with Gasteiger partial charge in [-0.05, 0) is 18.6 Å². The van der Waals surface area contributed by atoms with E-state index in [4.69, 9.17) is 8.60 Å². The lowest BCUT2D eigenvalue weighted by molar-refractivity contribution is 0.488. The van der Waals surface area contributed by atoms with E-state index in [1.165, 1.54) is 36.8 Å². The maximum Gasteiger partial charge on any atom is 0.306 e. The van der Waals surface area contributed by atoms with Gasteiger partial charge in [0.15, 0.2) is 11.2 Å². The van der Waals surface area contributed by atoms with Gasteiger partial charge in [-0.25, -0.2) is 4.98 Å². The van der Waals surface area contributed by atoms with Crippen molar-refractivity contribution in [2.45, 2.75) is 19.8 Å². The molecule has 0 N–H and O–H groups in total. The van der Waals surface area contributed by atoms with Crippen LogP contribution >= 0.6 is 0 Å².